The minimum Gasteiger partial charge on any atom is -0.489 e. The number of H-pyrrole nitrogens is 1. The van der Waals surface area contributed by atoms with E-state index in [1.807, 2.05) is 78.9 Å². The predicted molar refractivity (Wildman–Crippen MR) is 136 cm³/mol. The van der Waals surface area contributed by atoms with E-state index in [0.717, 1.165) is 38.6 Å². The Bertz CT molecular complexity index is 1510. The molecule has 1 heterocycles. The van der Waals surface area contributed by atoms with Crippen molar-refractivity contribution in [3.8, 4) is 5.75 Å². The number of hydrogen-bond acceptors (Lipinski definition) is 3. The molecule has 0 bridgehead atoms. The van der Waals surface area contributed by atoms with Crippen LogP contribution in [0.2, 0.25) is 0 Å². The zero-order valence-corrected chi connectivity index (χ0v) is 18.9. The number of carbonyl (C=O) groups is 2. The fourth-order valence-corrected chi connectivity index (χ4v) is 4.16. The van der Waals surface area contributed by atoms with Crippen LogP contribution in [-0.4, -0.2) is 28.0 Å². The van der Waals surface area contributed by atoms with Crippen LogP contribution in [0.1, 0.15) is 21.5 Å². The molecule has 0 spiro atoms. The summed E-state index contributed by atoms with van der Waals surface area (Å²) in [5.41, 5.74) is 3.26. The number of aliphatic carboxylic acids is 1. The number of aromatic nitrogens is 1. The molecule has 5 aromatic rings. The molecular weight excluding hydrogens is 440 g/mol. The monoisotopic (exact) mass is 464 g/mol. The molecule has 3 N–H and O–H groups in total. The number of rotatable bonds is 8. The van der Waals surface area contributed by atoms with Crippen LogP contribution >= 0.6 is 0 Å². The van der Waals surface area contributed by atoms with E-state index in [1.54, 1.807) is 18.3 Å². The number of carboxylic acid groups (broad SMARTS) is 1. The first-order valence-corrected chi connectivity index (χ1v) is 11.4. The predicted octanol–water partition coefficient (Wildman–Crippen LogP) is 5.33. The van der Waals surface area contributed by atoms with Gasteiger partial charge < -0.3 is 20.1 Å². The third-order valence-corrected chi connectivity index (χ3v) is 6.02. The van der Waals surface area contributed by atoms with Crippen molar-refractivity contribution in [2.75, 3.05) is 0 Å². The topological polar surface area (TPSA) is 91.4 Å². The maximum absolute atomic E-state index is 12.9. The van der Waals surface area contributed by atoms with Gasteiger partial charge in [-0.2, -0.15) is 0 Å². The van der Waals surface area contributed by atoms with E-state index in [1.165, 1.54) is 0 Å². The average molecular weight is 465 g/mol. The smallest absolute Gasteiger partial charge is 0.326 e. The fourth-order valence-electron chi connectivity index (χ4n) is 4.16. The Labute approximate surface area is 202 Å². The van der Waals surface area contributed by atoms with Crippen LogP contribution in [0.25, 0.3) is 21.7 Å². The van der Waals surface area contributed by atoms with Crippen molar-refractivity contribution >= 4 is 33.6 Å². The molecule has 0 saturated heterocycles. The van der Waals surface area contributed by atoms with Crippen molar-refractivity contribution in [2.45, 2.75) is 19.1 Å². The van der Waals surface area contributed by atoms with Gasteiger partial charge in [-0.1, -0.05) is 60.7 Å². The number of amides is 1. The van der Waals surface area contributed by atoms with E-state index >= 15 is 0 Å². The van der Waals surface area contributed by atoms with Crippen molar-refractivity contribution in [2.24, 2.45) is 0 Å². The summed E-state index contributed by atoms with van der Waals surface area (Å²) in [6.07, 6.45) is 1.97. The van der Waals surface area contributed by atoms with Gasteiger partial charge in [0.1, 0.15) is 18.4 Å². The number of para-hydroxylation sites is 1. The molecule has 1 unspecified atom stereocenters. The number of benzene rings is 4. The number of carbonyl (C=O) groups excluding carboxylic acids is 1. The van der Waals surface area contributed by atoms with Gasteiger partial charge in [0.2, 0.25) is 0 Å². The fraction of sp³-hybridized carbons (Fsp3) is 0.103. The largest absolute Gasteiger partial charge is 0.489 e. The lowest BCUT2D eigenvalue weighted by molar-refractivity contribution is -0.139. The second-order valence-corrected chi connectivity index (χ2v) is 8.43. The number of fused-ring (bicyclic) bond motifs is 2. The quantitative estimate of drug-likeness (QED) is 0.290. The Kier molecular flexibility index (Phi) is 6.18. The highest BCUT2D eigenvalue weighted by molar-refractivity contribution is 6.00. The highest BCUT2D eigenvalue weighted by Crippen LogP contribution is 2.24. The molecule has 1 aromatic heterocycles. The molecule has 0 saturated carbocycles. The van der Waals surface area contributed by atoms with Crippen LogP contribution in [0.15, 0.2) is 97.2 Å². The highest BCUT2D eigenvalue weighted by atomic mass is 16.5. The molecule has 0 aliphatic rings. The first kappa shape index (κ1) is 22.2. The van der Waals surface area contributed by atoms with E-state index in [4.69, 9.17) is 4.74 Å². The Morgan fingerprint density at radius 2 is 1.63 bits per heavy atom. The molecular formula is C29H24N2O4. The van der Waals surface area contributed by atoms with Gasteiger partial charge in [-0.25, -0.2) is 4.79 Å². The number of ether oxygens (including phenoxy) is 1. The van der Waals surface area contributed by atoms with Gasteiger partial charge in [0.05, 0.1) is 0 Å². The third-order valence-electron chi connectivity index (χ3n) is 6.02. The van der Waals surface area contributed by atoms with Gasteiger partial charge in [-0.3, -0.25) is 4.79 Å². The van der Waals surface area contributed by atoms with Crippen LogP contribution in [0.3, 0.4) is 0 Å². The lowest BCUT2D eigenvalue weighted by Gasteiger charge is -2.15. The Balaban J connectivity index is 1.29. The number of hydrogen-bond donors (Lipinski definition) is 3. The molecule has 4 aromatic carbocycles. The van der Waals surface area contributed by atoms with Crippen molar-refractivity contribution in [3.63, 3.8) is 0 Å². The summed E-state index contributed by atoms with van der Waals surface area (Å²) in [4.78, 5) is 28.0. The van der Waals surface area contributed by atoms with Crippen LogP contribution < -0.4 is 10.1 Å². The third kappa shape index (κ3) is 5.01. The van der Waals surface area contributed by atoms with E-state index in [-0.39, 0.29) is 6.42 Å². The van der Waals surface area contributed by atoms with E-state index in [9.17, 15) is 14.7 Å². The molecule has 6 nitrogen and oxygen atoms in total. The molecule has 0 fully saturated rings. The Hall–Kier alpha value is -4.58. The molecule has 35 heavy (non-hydrogen) atoms. The van der Waals surface area contributed by atoms with Crippen LogP contribution in [0.5, 0.6) is 5.75 Å². The van der Waals surface area contributed by atoms with Crippen LogP contribution in [-0.2, 0) is 17.8 Å². The van der Waals surface area contributed by atoms with Crippen molar-refractivity contribution in [1.82, 2.24) is 10.3 Å². The second-order valence-electron chi connectivity index (χ2n) is 8.43. The van der Waals surface area contributed by atoms with E-state index < -0.39 is 17.9 Å². The van der Waals surface area contributed by atoms with Crippen molar-refractivity contribution < 1.29 is 19.4 Å². The molecule has 1 amide bonds. The average Bonchev–Trinajstić information content (AvgIpc) is 3.30. The molecule has 0 aliphatic carbocycles. The second kappa shape index (κ2) is 9.73. The highest BCUT2D eigenvalue weighted by Gasteiger charge is 2.22. The number of carboxylic acids is 1. The lowest BCUT2D eigenvalue weighted by Crippen LogP contribution is -2.42. The van der Waals surface area contributed by atoms with Crippen molar-refractivity contribution in [1.29, 1.82) is 0 Å². The molecule has 6 heteroatoms. The Morgan fingerprint density at radius 1 is 0.886 bits per heavy atom. The zero-order valence-electron chi connectivity index (χ0n) is 18.9. The summed E-state index contributed by atoms with van der Waals surface area (Å²) in [6.45, 7) is 0.472. The minimum atomic E-state index is -1.08. The summed E-state index contributed by atoms with van der Waals surface area (Å²) < 4.78 is 5.89. The number of aromatic amines is 1. The first-order chi connectivity index (χ1) is 17.1. The maximum Gasteiger partial charge on any atom is 0.326 e. The summed E-state index contributed by atoms with van der Waals surface area (Å²) in [7, 11) is 0. The van der Waals surface area contributed by atoms with Gasteiger partial charge in [-0.05, 0) is 52.2 Å². The standard InChI is InChI=1S/C29H24N2O4/c32-28(31-27(29(33)34)16-23-17-30-26-9-5-4-8-25(23)26)22-11-10-21-15-24(13-12-20(21)14-22)35-18-19-6-2-1-3-7-19/h1-15,17,27,30H,16,18H2,(H,31,32)(H,33,34). The summed E-state index contributed by atoms with van der Waals surface area (Å²) in [6, 6.07) is 27.6. The van der Waals surface area contributed by atoms with E-state index in [0.29, 0.717) is 12.2 Å². The van der Waals surface area contributed by atoms with Crippen LogP contribution in [0, 0.1) is 0 Å². The molecule has 0 radical (unpaired) electrons. The van der Waals surface area contributed by atoms with Gasteiger partial charge in [0, 0.05) is 29.1 Å². The molecule has 0 aliphatic heterocycles. The first-order valence-electron chi connectivity index (χ1n) is 11.4. The normalized spacial score (nSPS) is 11.9. The minimum absolute atomic E-state index is 0.181. The van der Waals surface area contributed by atoms with Gasteiger partial charge >= 0.3 is 5.97 Å². The van der Waals surface area contributed by atoms with Gasteiger partial charge in [0.15, 0.2) is 0 Å². The lowest BCUT2D eigenvalue weighted by atomic mass is 10.0. The SMILES string of the molecule is O=C(NC(Cc1c[nH]c2ccccc12)C(=O)O)c1ccc2cc(OCc3ccccc3)ccc2c1. The van der Waals surface area contributed by atoms with Crippen molar-refractivity contribution in [3.05, 3.63) is 114 Å². The molecule has 1 atom stereocenters. The maximum atomic E-state index is 12.9. The van der Waals surface area contributed by atoms with Gasteiger partial charge in [0.25, 0.3) is 5.91 Å². The summed E-state index contributed by atoms with van der Waals surface area (Å²) in [5, 5.41) is 15.2. The zero-order chi connectivity index (χ0) is 24.2. The van der Waals surface area contributed by atoms with E-state index in [2.05, 4.69) is 10.3 Å². The summed E-state index contributed by atoms with van der Waals surface area (Å²) in [5.74, 6) is -0.767. The molecule has 174 valence electrons. The van der Waals surface area contributed by atoms with Gasteiger partial charge in [-0.15, -0.1) is 0 Å². The van der Waals surface area contributed by atoms with Crippen LogP contribution in [0.4, 0.5) is 0 Å². The molecule has 5 rings (SSSR count). The number of nitrogens with one attached hydrogen (secondary N) is 2. The Morgan fingerprint density at radius 3 is 2.46 bits per heavy atom. The summed E-state index contributed by atoms with van der Waals surface area (Å²) >= 11 is 0.